The van der Waals surface area contributed by atoms with E-state index in [4.69, 9.17) is 21.1 Å². The highest BCUT2D eigenvalue weighted by Crippen LogP contribution is 2.46. The van der Waals surface area contributed by atoms with E-state index in [1.807, 2.05) is 32.0 Å². The van der Waals surface area contributed by atoms with Crippen molar-refractivity contribution in [2.45, 2.75) is 65.2 Å². The first-order chi connectivity index (χ1) is 16.2. The van der Waals surface area contributed by atoms with Gasteiger partial charge in [-0.3, -0.25) is 4.90 Å². The van der Waals surface area contributed by atoms with Gasteiger partial charge < -0.3 is 14.8 Å². The van der Waals surface area contributed by atoms with Gasteiger partial charge in [0.15, 0.2) is 0 Å². The Balaban J connectivity index is 1.31. The van der Waals surface area contributed by atoms with Gasteiger partial charge in [-0.1, -0.05) is 49.7 Å². The van der Waals surface area contributed by atoms with E-state index in [1.165, 1.54) is 11.1 Å². The van der Waals surface area contributed by atoms with E-state index in [2.05, 4.69) is 42.3 Å². The molecule has 2 atom stereocenters. The quantitative estimate of drug-likeness (QED) is 0.548. The molecule has 5 nitrogen and oxygen atoms in total. The first-order valence-corrected chi connectivity index (χ1v) is 12.9. The van der Waals surface area contributed by atoms with Crippen LogP contribution in [0.1, 0.15) is 57.7 Å². The summed E-state index contributed by atoms with van der Waals surface area (Å²) in [5.74, 6) is 1.21. The van der Waals surface area contributed by atoms with Crippen molar-refractivity contribution in [3.8, 4) is 16.9 Å². The minimum atomic E-state index is -0.290. The van der Waals surface area contributed by atoms with Crippen LogP contribution in [0.2, 0.25) is 5.02 Å². The zero-order valence-corrected chi connectivity index (χ0v) is 21.3. The molecule has 0 unspecified atom stereocenters. The largest absolute Gasteiger partial charge is 0.489 e. The SMILES string of the molecule is CC(C)Oc1ccc(-c2ccc3c(c2)CC(C)(C)[C@H]3NC(=O)O[C@H]2CN3CCC2CC3)cc1Cl. The van der Waals surface area contributed by atoms with Crippen molar-refractivity contribution < 1.29 is 14.3 Å². The molecule has 0 saturated carbocycles. The zero-order valence-electron chi connectivity index (χ0n) is 20.6. The predicted molar refractivity (Wildman–Crippen MR) is 135 cm³/mol. The summed E-state index contributed by atoms with van der Waals surface area (Å²) in [4.78, 5) is 15.3. The zero-order chi connectivity index (χ0) is 24.0. The molecule has 3 saturated heterocycles. The topological polar surface area (TPSA) is 50.8 Å². The lowest BCUT2D eigenvalue weighted by Crippen LogP contribution is -2.53. The summed E-state index contributed by atoms with van der Waals surface area (Å²) in [6.45, 7) is 11.5. The Kier molecular flexibility index (Phi) is 6.28. The Hall–Kier alpha value is -2.24. The van der Waals surface area contributed by atoms with Crippen molar-refractivity contribution in [3.63, 3.8) is 0 Å². The molecule has 0 radical (unpaired) electrons. The van der Waals surface area contributed by atoms with Crippen LogP contribution in [0.3, 0.4) is 0 Å². The van der Waals surface area contributed by atoms with E-state index in [0.29, 0.717) is 16.7 Å². The molecule has 182 valence electrons. The lowest BCUT2D eigenvalue weighted by molar-refractivity contribution is -0.0348. The minimum Gasteiger partial charge on any atom is -0.489 e. The van der Waals surface area contributed by atoms with Gasteiger partial charge in [0, 0.05) is 6.54 Å². The molecule has 34 heavy (non-hydrogen) atoms. The highest BCUT2D eigenvalue weighted by atomic mass is 35.5. The molecule has 6 rings (SSSR count). The normalized spacial score (nSPS) is 26.9. The Bertz CT molecular complexity index is 1080. The molecule has 3 fully saturated rings. The summed E-state index contributed by atoms with van der Waals surface area (Å²) in [6, 6.07) is 12.4. The molecule has 4 aliphatic rings. The van der Waals surface area contributed by atoms with Crippen molar-refractivity contribution in [3.05, 3.63) is 52.5 Å². The van der Waals surface area contributed by atoms with Gasteiger partial charge in [0.2, 0.25) is 0 Å². The maximum absolute atomic E-state index is 12.9. The Morgan fingerprint density at radius 2 is 1.82 bits per heavy atom. The second kappa shape index (κ2) is 9.09. The number of amides is 1. The van der Waals surface area contributed by atoms with Crippen LogP contribution in [0.5, 0.6) is 5.75 Å². The number of carbonyl (C=O) groups excluding carboxylic acids is 1. The highest BCUT2D eigenvalue weighted by molar-refractivity contribution is 6.32. The number of alkyl carbamates (subject to hydrolysis) is 1. The average molecular weight is 483 g/mol. The van der Waals surface area contributed by atoms with Gasteiger partial charge in [0.1, 0.15) is 11.9 Å². The van der Waals surface area contributed by atoms with Crippen LogP contribution in [-0.2, 0) is 11.2 Å². The smallest absolute Gasteiger partial charge is 0.407 e. The summed E-state index contributed by atoms with van der Waals surface area (Å²) in [7, 11) is 0. The number of halogens is 1. The highest BCUT2D eigenvalue weighted by Gasteiger charge is 2.42. The summed E-state index contributed by atoms with van der Waals surface area (Å²) in [5, 5.41) is 3.82. The number of piperidine rings is 3. The van der Waals surface area contributed by atoms with Gasteiger partial charge in [0.05, 0.1) is 17.2 Å². The number of nitrogens with one attached hydrogen (secondary N) is 1. The summed E-state index contributed by atoms with van der Waals surface area (Å²) in [6.07, 6.45) is 2.96. The fourth-order valence-corrected chi connectivity index (χ4v) is 6.10. The monoisotopic (exact) mass is 482 g/mol. The van der Waals surface area contributed by atoms with Crippen LogP contribution in [0.15, 0.2) is 36.4 Å². The van der Waals surface area contributed by atoms with E-state index in [-0.39, 0.29) is 29.8 Å². The van der Waals surface area contributed by atoms with E-state index in [1.54, 1.807) is 0 Å². The number of nitrogens with zero attached hydrogens (tertiary/aromatic N) is 1. The minimum absolute atomic E-state index is 0.0151. The molecule has 2 bridgehead atoms. The first kappa shape index (κ1) is 23.5. The summed E-state index contributed by atoms with van der Waals surface area (Å²) >= 11 is 6.48. The van der Waals surface area contributed by atoms with E-state index in [0.717, 1.165) is 50.0 Å². The van der Waals surface area contributed by atoms with Gasteiger partial charge in [0.25, 0.3) is 0 Å². The maximum atomic E-state index is 12.9. The van der Waals surface area contributed by atoms with Crippen LogP contribution in [0, 0.1) is 11.3 Å². The van der Waals surface area contributed by atoms with Crippen LogP contribution < -0.4 is 10.1 Å². The number of benzene rings is 2. The molecule has 1 amide bonds. The van der Waals surface area contributed by atoms with Crippen LogP contribution in [0.25, 0.3) is 11.1 Å². The summed E-state index contributed by atoms with van der Waals surface area (Å²) in [5.41, 5.74) is 4.50. The molecule has 0 spiro atoms. The third-order valence-electron chi connectivity index (χ3n) is 7.63. The summed E-state index contributed by atoms with van der Waals surface area (Å²) < 4.78 is 11.7. The van der Waals surface area contributed by atoms with Crippen molar-refractivity contribution >= 4 is 17.7 Å². The maximum Gasteiger partial charge on any atom is 0.407 e. The standard InChI is InChI=1S/C28H35ClN2O3/c1-17(2)33-24-8-6-20(14-23(24)29)19-5-7-22-21(13-19)15-28(3,4)26(22)30-27(32)34-25-16-31-11-9-18(25)10-12-31/h5-8,13-14,17-18,25-26H,9-12,15-16H2,1-4H3,(H,30,32)/t25-,26-/m0/s1. The van der Waals surface area contributed by atoms with Gasteiger partial charge in [-0.15, -0.1) is 0 Å². The number of hydrogen-bond acceptors (Lipinski definition) is 4. The molecule has 3 aliphatic heterocycles. The number of hydrogen-bond donors (Lipinski definition) is 1. The predicted octanol–water partition coefficient (Wildman–Crippen LogP) is 6.24. The number of fused-ring (bicyclic) bond motifs is 4. The van der Waals surface area contributed by atoms with Crippen molar-refractivity contribution in [2.24, 2.45) is 11.3 Å². The molecule has 1 N–H and O–H groups in total. The van der Waals surface area contributed by atoms with Crippen molar-refractivity contribution in [1.29, 1.82) is 0 Å². The van der Waals surface area contributed by atoms with Crippen LogP contribution in [-0.4, -0.2) is 42.8 Å². The van der Waals surface area contributed by atoms with E-state index in [9.17, 15) is 4.79 Å². The van der Waals surface area contributed by atoms with E-state index < -0.39 is 0 Å². The van der Waals surface area contributed by atoms with Crippen LogP contribution in [0.4, 0.5) is 4.79 Å². The fraction of sp³-hybridized carbons (Fsp3) is 0.536. The third kappa shape index (κ3) is 4.65. The van der Waals surface area contributed by atoms with Gasteiger partial charge in [-0.2, -0.15) is 0 Å². The Morgan fingerprint density at radius 1 is 1.12 bits per heavy atom. The van der Waals surface area contributed by atoms with Crippen molar-refractivity contribution in [2.75, 3.05) is 19.6 Å². The third-order valence-corrected chi connectivity index (χ3v) is 7.92. The van der Waals surface area contributed by atoms with Gasteiger partial charge in [-0.25, -0.2) is 4.79 Å². The first-order valence-electron chi connectivity index (χ1n) is 12.5. The van der Waals surface area contributed by atoms with Gasteiger partial charge in [-0.05, 0) is 91.9 Å². The molecule has 3 heterocycles. The Morgan fingerprint density at radius 3 is 2.47 bits per heavy atom. The molecule has 1 aliphatic carbocycles. The molecular formula is C28H35ClN2O3. The van der Waals surface area contributed by atoms with E-state index >= 15 is 0 Å². The lowest BCUT2D eigenvalue weighted by atomic mass is 9.85. The average Bonchev–Trinajstić information content (AvgIpc) is 3.04. The fourth-order valence-electron chi connectivity index (χ4n) is 5.87. The number of carbonyl (C=O) groups is 1. The molecular weight excluding hydrogens is 448 g/mol. The molecule has 6 heteroatoms. The van der Waals surface area contributed by atoms with Gasteiger partial charge >= 0.3 is 6.09 Å². The Labute approximate surface area is 207 Å². The number of ether oxygens (including phenoxy) is 2. The molecule has 2 aromatic carbocycles. The van der Waals surface area contributed by atoms with Crippen LogP contribution >= 0.6 is 11.6 Å². The lowest BCUT2D eigenvalue weighted by Gasteiger charge is -2.44. The molecule has 2 aromatic rings. The number of rotatable bonds is 5. The van der Waals surface area contributed by atoms with Crippen molar-refractivity contribution in [1.82, 2.24) is 10.2 Å². The second-order valence-electron chi connectivity index (χ2n) is 11.0. The molecule has 0 aromatic heterocycles. The second-order valence-corrected chi connectivity index (χ2v) is 11.5.